The maximum Gasteiger partial charge on any atom is 0.254 e. The molecule has 0 aliphatic rings. The van der Waals surface area contributed by atoms with E-state index in [9.17, 15) is 4.79 Å². The Kier molecular flexibility index (Phi) is 9.24. The first kappa shape index (κ1) is 25.1. The largest absolute Gasteiger partial charge is 0.330 e. The molecule has 1 aromatic heterocycles. The highest BCUT2D eigenvalue weighted by molar-refractivity contribution is 5.94. The zero-order valence-electron chi connectivity index (χ0n) is 20.6. The highest BCUT2D eigenvalue weighted by Gasteiger charge is 2.23. The Morgan fingerprint density at radius 2 is 1.68 bits per heavy atom. The highest BCUT2D eigenvalue weighted by atomic mass is 16.2. The average molecular weight is 424 g/mol. The molecule has 1 heterocycles. The molecule has 0 spiro atoms. The quantitative estimate of drug-likeness (QED) is 0.482. The fourth-order valence-corrected chi connectivity index (χ4v) is 3.87. The van der Waals surface area contributed by atoms with Crippen LogP contribution in [0.3, 0.4) is 0 Å². The van der Waals surface area contributed by atoms with Crippen LogP contribution in [-0.2, 0) is 12.0 Å². The molecule has 170 valence electrons. The summed E-state index contributed by atoms with van der Waals surface area (Å²) in [5.41, 5.74) is 3.98. The molecule has 0 bridgehead atoms. The number of nitrogens with zero attached hydrogens (tertiary/aromatic N) is 3. The molecule has 0 aliphatic carbocycles. The molecule has 31 heavy (non-hydrogen) atoms. The van der Waals surface area contributed by atoms with Crippen LogP contribution in [0.25, 0.3) is 0 Å². The van der Waals surface area contributed by atoms with Crippen LogP contribution >= 0.6 is 0 Å². The SMILES string of the molecule is CCN(CC)CCCC(C)N(Cc1cccc(C)n1)C(=O)c1ccc(C(C)(C)C)cc1. The van der Waals surface area contributed by atoms with E-state index in [-0.39, 0.29) is 17.4 Å². The third-order valence-electron chi connectivity index (χ3n) is 6.06. The van der Waals surface area contributed by atoms with Crippen LogP contribution in [0, 0.1) is 6.92 Å². The third kappa shape index (κ3) is 7.46. The minimum atomic E-state index is 0.0739. The van der Waals surface area contributed by atoms with Crippen molar-refractivity contribution in [2.75, 3.05) is 19.6 Å². The molecule has 1 aromatic carbocycles. The summed E-state index contributed by atoms with van der Waals surface area (Å²) in [6, 6.07) is 14.3. The number of hydrogen-bond donors (Lipinski definition) is 0. The summed E-state index contributed by atoms with van der Waals surface area (Å²) in [7, 11) is 0. The van der Waals surface area contributed by atoms with Crippen molar-refractivity contribution in [1.82, 2.24) is 14.8 Å². The van der Waals surface area contributed by atoms with Gasteiger partial charge in [-0.15, -0.1) is 0 Å². The van der Waals surface area contributed by atoms with Crippen LogP contribution < -0.4 is 0 Å². The second-order valence-corrected chi connectivity index (χ2v) is 9.55. The molecule has 1 amide bonds. The van der Waals surface area contributed by atoms with E-state index in [1.54, 1.807) is 0 Å². The van der Waals surface area contributed by atoms with Gasteiger partial charge in [-0.3, -0.25) is 9.78 Å². The van der Waals surface area contributed by atoms with E-state index in [1.807, 2.05) is 42.2 Å². The van der Waals surface area contributed by atoms with Gasteiger partial charge >= 0.3 is 0 Å². The van der Waals surface area contributed by atoms with Gasteiger partial charge in [0.05, 0.1) is 12.2 Å². The molecule has 2 rings (SSSR count). The van der Waals surface area contributed by atoms with E-state index < -0.39 is 0 Å². The predicted molar refractivity (Wildman–Crippen MR) is 130 cm³/mol. The molecule has 0 aliphatic heterocycles. The van der Waals surface area contributed by atoms with Crippen LogP contribution in [0.4, 0.5) is 0 Å². The average Bonchev–Trinajstić information content (AvgIpc) is 2.74. The van der Waals surface area contributed by atoms with Gasteiger partial charge in [-0.1, -0.05) is 52.8 Å². The number of carbonyl (C=O) groups excluding carboxylic acids is 1. The normalized spacial score (nSPS) is 12.8. The number of aromatic nitrogens is 1. The Hall–Kier alpha value is -2.20. The lowest BCUT2D eigenvalue weighted by Gasteiger charge is -2.30. The van der Waals surface area contributed by atoms with E-state index in [0.29, 0.717) is 6.54 Å². The lowest BCUT2D eigenvalue weighted by molar-refractivity contribution is 0.0659. The van der Waals surface area contributed by atoms with E-state index in [0.717, 1.165) is 49.4 Å². The minimum absolute atomic E-state index is 0.0739. The Bertz CT molecular complexity index is 819. The van der Waals surface area contributed by atoms with Crippen LogP contribution in [-0.4, -0.2) is 46.4 Å². The highest BCUT2D eigenvalue weighted by Crippen LogP contribution is 2.23. The van der Waals surface area contributed by atoms with Crippen LogP contribution in [0.2, 0.25) is 0 Å². The number of aryl methyl sites for hydroxylation is 1. The molecule has 0 saturated heterocycles. The number of carbonyl (C=O) groups is 1. The number of benzene rings is 1. The van der Waals surface area contributed by atoms with E-state index in [4.69, 9.17) is 0 Å². The molecular formula is C27H41N3O. The van der Waals surface area contributed by atoms with Gasteiger partial charge < -0.3 is 9.80 Å². The van der Waals surface area contributed by atoms with E-state index >= 15 is 0 Å². The van der Waals surface area contributed by atoms with Gasteiger partial charge in [0.15, 0.2) is 0 Å². The van der Waals surface area contributed by atoms with Crippen molar-refractivity contribution in [3.05, 3.63) is 65.0 Å². The van der Waals surface area contributed by atoms with Crippen molar-refractivity contribution in [3.8, 4) is 0 Å². The van der Waals surface area contributed by atoms with Gasteiger partial charge in [0, 0.05) is 17.3 Å². The van der Waals surface area contributed by atoms with E-state index in [1.165, 1.54) is 5.56 Å². The molecule has 4 heteroatoms. The first-order valence-corrected chi connectivity index (χ1v) is 11.7. The van der Waals surface area contributed by atoms with Crippen molar-refractivity contribution >= 4 is 5.91 Å². The fourth-order valence-electron chi connectivity index (χ4n) is 3.87. The van der Waals surface area contributed by atoms with Gasteiger partial charge in [-0.25, -0.2) is 0 Å². The summed E-state index contributed by atoms with van der Waals surface area (Å²) in [6.45, 7) is 18.9. The van der Waals surface area contributed by atoms with Gasteiger partial charge in [0.2, 0.25) is 0 Å². The second-order valence-electron chi connectivity index (χ2n) is 9.55. The Morgan fingerprint density at radius 1 is 1.03 bits per heavy atom. The number of rotatable bonds is 10. The predicted octanol–water partition coefficient (Wildman–Crippen LogP) is 5.84. The fraction of sp³-hybridized carbons (Fsp3) is 0.556. The third-order valence-corrected chi connectivity index (χ3v) is 6.06. The Labute approximate surface area is 189 Å². The van der Waals surface area contributed by atoms with Gasteiger partial charge in [0.1, 0.15) is 0 Å². The molecule has 1 atom stereocenters. The zero-order chi connectivity index (χ0) is 23.0. The summed E-state index contributed by atoms with van der Waals surface area (Å²) in [5, 5.41) is 0. The molecule has 2 aromatic rings. The molecule has 1 unspecified atom stereocenters. The molecule has 0 fully saturated rings. The van der Waals surface area contributed by atoms with Gasteiger partial charge in [-0.2, -0.15) is 0 Å². The first-order chi connectivity index (χ1) is 14.7. The first-order valence-electron chi connectivity index (χ1n) is 11.7. The summed E-state index contributed by atoms with van der Waals surface area (Å²) >= 11 is 0. The smallest absolute Gasteiger partial charge is 0.254 e. The van der Waals surface area contributed by atoms with Crippen molar-refractivity contribution in [2.45, 2.75) is 79.3 Å². The molecule has 0 radical (unpaired) electrons. The Morgan fingerprint density at radius 3 is 2.23 bits per heavy atom. The maximum atomic E-state index is 13.5. The second kappa shape index (κ2) is 11.4. The summed E-state index contributed by atoms with van der Waals surface area (Å²) in [6.07, 6.45) is 2.06. The summed E-state index contributed by atoms with van der Waals surface area (Å²) in [4.78, 5) is 22.6. The zero-order valence-corrected chi connectivity index (χ0v) is 20.6. The summed E-state index contributed by atoms with van der Waals surface area (Å²) in [5.74, 6) is 0.0825. The number of pyridine rings is 1. The lowest BCUT2D eigenvalue weighted by Crippen LogP contribution is -2.39. The molecule has 0 N–H and O–H groups in total. The monoisotopic (exact) mass is 423 g/mol. The van der Waals surface area contributed by atoms with E-state index in [2.05, 4.69) is 63.6 Å². The Balaban J connectivity index is 2.20. The topological polar surface area (TPSA) is 36.4 Å². The number of hydrogen-bond acceptors (Lipinski definition) is 3. The van der Waals surface area contributed by atoms with Crippen molar-refractivity contribution in [2.24, 2.45) is 0 Å². The van der Waals surface area contributed by atoms with Crippen molar-refractivity contribution in [3.63, 3.8) is 0 Å². The van der Waals surface area contributed by atoms with Crippen molar-refractivity contribution < 1.29 is 4.79 Å². The van der Waals surface area contributed by atoms with Crippen LogP contribution in [0.5, 0.6) is 0 Å². The maximum absolute atomic E-state index is 13.5. The molecule has 4 nitrogen and oxygen atoms in total. The minimum Gasteiger partial charge on any atom is -0.330 e. The molecule has 0 saturated carbocycles. The standard InChI is InChI=1S/C27H41N3O/c1-8-29(9-2)19-11-13-22(4)30(20-25-14-10-12-21(3)28-25)26(31)23-15-17-24(18-16-23)27(5,6)7/h10,12,14-18,22H,8-9,11,13,19-20H2,1-7H3. The van der Waals surface area contributed by atoms with Gasteiger partial charge in [0.25, 0.3) is 5.91 Å². The van der Waals surface area contributed by atoms with Gasteiger partial charge in [-0.05, 0) is 81.6 Å². The number of amides is 1. The summed E-state index contributed by atoms with van der Waals surface area (Å²) < 4.78 is 0. The van der Waals surface area contributed by atoms with Crippen LogP contribution in [0.1, 0.15) is 81.7 Å². The van der Waals surface area contributed by atoms with Crippen LogP contribution in [0.15, 0.2) is 42.5 Å². The van der Waals surface area contributed by atoms with Crippen molar-refractivity contribution in [1.29, 1.82) is 0 Å². The molecular weight excluding hydrogens is 382 g/mol. The lowest BCUT2D eigenvalue weighted by atomic mass is 9.86.